The fourth-order valence-corrected chi connectivity index (χ4v) is 2.45. The number of hydrogen-bond donors (Lipinski definition) is 1. The molecule has 6 nitrogen and oxygen atoms in total. The van der Waals surface area contributed by atoms with Gasteiger partial charge in [-0.1, -0.05) is 30.3 Å². The highest BCUT2D eigenvalue weighted by molar-refractivity contribution is 6.11. The zero-order valence-electron chi connectivity index (χ0n) is 13.0. The van der Waals surface area contributed by atoms with Crippen LogP contribution < -0.4 is 10.9 Å². The Morgan fingerprint density at radius 2 is 1.83 bits per heavy atom. The van der Waals surface area contributed by atoms with Crippen molar-refractivity contribution in [1.82, 2.24) is 9.78 Å². The smallest absolute Gasteiger partial charge is 0.276 e. The summed E-state index contributed by atoms with van der Waals surface area (Å²) in [5, 5.41) is 16.5. The Labute approximate surface area is 138 Å². The monoisotopic (exact) mass is 318 g/mol. The normalized spacial score (nSPS) is 10.3. The summed E-state index contributed by atoms with van der Waals surface area (Å²) in [5.41, 5.74) is 1.42. The average Bonchev–Trinajstić information content (AvgIpc) is 2.60. The van der Waals surface area contributed by atoms with Crippen molar-refractivity contribution in [3.63, 3.8) is 0 Å². The second-order valence-electron chi connectivity index (χ2n) is 5.31. The zero-order chi connectivity index (χ0) is 17.1. The van der Waals surface area contributed by atoms with Crippen molar-refractivity contribution < 1.29 is 4.79 Å². The molecule has 1 N–H and O–H groups in total. The van der Waals surface area contributed by atoms with Gasteiger partial charge in [-0.2, -0.15) is 10.4 Å². The number of hydrogen-bond acceptors (Lipinski definition) is 4. The summed E-state index contributed by atoms with van der Waals surface area (Å²) in [6, 6.07) is 16.0. The van der Waals surface area contributed by atoms with Crippen LogP contribution in [0.15, 0.2) is 53.3 Å². The van der Waals surface area contributed by atoms with Crippen molar-refractivity contribution in [2.45, 2.75) is 6.42 Å². The quantitative estimate of drug-likeness (QED) is 0.802. The van der Waals surface area contributed by atoms with Crippen LogP contribution in [0.1, 0.15) is 16.1 Å². The zero-order valence-corrected chi connectivity index (χ0v) is 13.0. The maximum Gasteiger partial charge on any atom is 0.276 e. The second kappa shape index (κ2) is 6.34. The molecule has 1 heterocycles. The molecule has 0 aliphatic rings. The lowest BCUT2D eigenvalue weighted by molar-refractivity contribution is 0.102. The molecule has 0 fully saturated rings. The van der Waals surface area contributed by atoms with Gasteiger partial charge in [0.2, 0.25) is 0 Å². The van der Waals surface area contributed by atoms with E-state index in [0.717, 1.165) is 10.2 Å². The number of nitrogens with zero attached hydrogens (tertiary/aromatic N) is 3. The molecule has 24 heavy (non-hydrogen) atoms. The average molecular weight is 318 g/mol. The van der Waals surface area contributed by atoms with Crippen LogP contribution in [0.3, 0.4) is 0 Å². The van der Waals surface area contributed by atoms with E-state index in [4.69, 9.17) is 5.26 Å². The van der Waals surface area contributed by atoms with Crippen LogP contribution >= 0.6 is 0 Å². The molecule has 0 saturated carbocycles. The van der Waals surface area contributed by atoms with Gasteiger partial charge in [-0.15, -0.1) is 0 Å². The van der Waals surface area contributed by atoms with E-state index >= 15 is 0 Å². The van der Waals surface area contributed by atoms with Crippen molar-refractivity contribution in [1.29, 1.82) is 5.26 Å². The molecule has 0 bridgehead atoms. The predicted molar refractivity (Wildman–Crippen MR) is 90.7 cm³/mol. The Kier molecular flexibility index (Phi) is 4.08. The van der Waals surface area contributed by atoms with Gasteiger partial charge in [-0.3, -0.25) is 9.59 Å². The number of aromatic nitrogens is 2. The van der Waals surface area contributed by atoms with Crippen LogP contribution in [-0.4, -0.2) is 15.7 Å². The summed E-state index contributed by atoms with van der Waals surface area (Å²) >= 11 is 0. The first-order valence-electron chi connectivity index (χ1n) is 7.33. The first-order chi connectivity index (χ1) is 11.6. The lowest BCUT2D eigenvalue weighted by Crippen LogP contribution is -2.25. The minimum atomic E-state index is -0.394. The van der Waals surface area contributed by atoms with Gasteiger partial charge in [0.15, 0.2) is 5.69 Å². The third kappa shape index (κ3) is 2.88. The second-order valence-corrected chi connectivity index (χ2v) is 5.31. The number of fused-ring (bicyclic) bond motifs is 1. The minimum absolute atomic E-state index is 0.189. The number of benzene rings is 2. The van der Waals surface area contributed by atoms with E-state index in [-0.39, 0.29) is 11.3 Å². The molecule has 3 rings (SSSR count). The third-order valence-corrected chi connectivity index (χ3v) is 3.67. The van der Waals surface area contributed by atoms with E-state index in [1.54, 1.807) is 48.5 Å². The highest BCUT2D eigenvalue weighted by Crippen LogP contribution is 2.16. The minimum Gasteiger partial charge on any atom is -0.321 e. The van der Waals surface area contributed by atoms with E-state index in [1.807, 2.05) is 0 Å². The van der Waals surface area contributed by atoms with Crippen LogP contribution in [0.4, 0.5) is 5.69 Å². The summed E-state index contributed by atoms with van der Waals surface area (Å²) in [4.78, 5) is 24.7. The number of nitriles is 1. The Hall–Kier alpha value is -3.46. The number of amides is 1. The Bertz CT molecular complexity index is 1010. The number of carbonyl (C=O) groups is 1. The van der Waals surface area contributed by atoms with Crippen LogP contribution in [-0.2, 0) is 13.5 Å². The van der Waals surface area contributed by atoms with E-state index < -0.39 is 5.91 Å². The molecule has 1 aromatic heterocycles. The highest BCUT2D eigenvalue weighted by atomic mass is 16.2. The summed E-state index contributed by atoms with van der Waals surface area (Å²) in [5.74, 6) is -0.394. The Morgan fingerprint density at radius 3 is 2.50 bits per heavy atom. The first-order valence-corrected chi connectivity index (χ1v) is 7.33. The topological polar surface area (TPSA) is 87.8 Å². The van der Waals surface area contributed by atoms with Crippen molar-refractivity contribution >= 4 is 22.4 Å². The van der Waals surface area contributed by atoms with Crippen LogP contribution in [0.2, 0.25) is 0 Å². The standard InChI is InChI=1S/C18H14N4O2/c1-22-18(24)15-5-3-2-4-14(15)16(21-22)17(23)20-13-8-6-12(7-9-13)10-11-19/h2-9H,10H2,1H3,(H,20,23). The molecule has 0 aliphatic heterocycles. The Balaban J connectivity index is 1.96. The molecule has 0 saturated heterocycles. The van der Waals surface area contributed by atoms with Gasteiger partial charge in [-0.05, 0) is 23.8 Å². The summed E-state index contributed by atoms with van der Waals surface area (Å²) in [7, 11) is 1.52. The molecule has 2 aromatic carbocycles. The summed E-state index contributed by atoms with van der Waals surface area (Å²) in [6.45, 7) is 0. The number of carbonyl (C=O) groups excluding carboxylic acids is 1. The molecule has 0 spiro atoms. The lowest BCUT2D eigenvalue weighted by atomic mass is 10.1. The maximum absolute atomic E-state index is 12.6. The van der Waals surface area contributed by atoms with Crippen LogP contribution in [0.5, 0.6) is 0 Å². The fourth-order valence-electron chi connectivity index (χ4n) is 2.45. The van der Waals surface area contributed by atoms with Crippen LogP contribution in [0, 0.1) is 11.3 Å². The highest BCUT2D eigenvalue weighted by Gasteiger charge is 2.15. The van der Waals surface area contributed by atoms with Crippen molar-refractivity contribution in [3.05, 3.63) is 70.1 Å². The molecular weight excluding hydrogens is 304 g/mol. The summed E-state index contributed by atoms with van der Waals surface area (Å²) < 4.78 is 1.16. The van der Waals surface area contributed by atoms with E-state index in [2.05, 4.69) is 16.5 Å². The van der Waals surface area contributed by atoms with Gasteiger partial charge >= 0.3 is 0 Å². The van der Waals surface area contributed by atoms with Crippen molar-refractivity contribution in [3.8, 4) is 6.07 Å². The van der Waals surface area contributed by atoms with Gasteiger partial charge in [0, 0.05) is 18.1 Å². The number of rotatable bonds is 3. The molecule has 1 amide bonds. The lowest BCUT2D eigenvalue weighted by Gasteiger charge is -2.09. The molecule has 118 valence electrons. The molecule has 3 aromatic rings. The third-order valence-electron chi connectivity index (χ3n) is 3.67. The summed E-state index contributed by atoms with van der Waals surface area (Å²) in [6.07, 6.45) is 0.321. The van der Waals surface area contributed by atoms with Crippen molar-refractivity contribution in [2.24, 2.45) is 7.05 Å². The molecule has 0 aliphatic carbocycles. The number of anilines is 1. The van der Waals surface area contributed by atoms with Gasteiger partial charge in [0.05, 0.1) is 17.9 Å². The van der Waals surface area contributed by atoms with Crippen molar-refractivity contribution in [2.75, 3.05) is 5.32 Å². The number of aryl methyl sites for hydroxylation is 1. The molecular formula is C18H14N4O2. The predicted octanol–water partition coefficient (Wildman–Crippen LogP) is 2.25. The molecule has 0 radical (unpaired) electrons. The number of nitrogens with one attached hydrogen (secondary N) is 1. The molecule has 0 atom stereocenters. The van der Waals surface area contributed by atoms with E-state index in [1.165, 1.54) is 7.05 Å². The first kappa shape index (κ1) is 15.4. The van der Waals surface area contributed by atoms with Gasteiger partial charge in [-0.25, -0.2) is 4.68 Å². The Morgan fingerprint density at radius 1 is 1.17 bits per heavy atom. The largest absolute Gasteiger partial charge is 0.321 e. The molecule has 0 unspecified atom stereocenters. The van der Waals surface area contributed by atoms with E-state index in [9.17, 15) is 9.59 Å². The fraction of sp³-hybridized carbons (Fsp3) is 0.111. The molecule has 6 heteroatoms. The van der Waals surface area contributed by atoms with Gasteiger partial charge < -0.3 is 5.32 Å². The SMILES string of the molecule is Cn1nc(C(=O)Nc2ccc(CC#N)cc2)c2ccccc2c1=O. The maximum atomic E-state index is 12.6. The van der Waals surface area contributed by atoms with Gasteiger partial charge in [0.1, 0.15) is 0 Å². The van der Waals surface area contributed by atoms with Gasteiger partial charge in [0.25, 0.3) is 11.5 Å². The van der Waals surface area contributed by atoms with Crippen LogP contribution in [0.25, 0.3) is 10.8 Å². The van der Waals surface area contributed by atoms with E-state index in [0.29, 0.717) is 22.9 Å².